The summed E-state index contributed by atoms with van der Waals surface area (Å²) in [7, 11) is 0. The van der Waals surface area contributed by atoms with Gasteiger partial charge in [-0.25, -0.2) is 8.78 Å². The van der Waals surface area contributed by atoms with Crippen LogP contribution in [0.3, 0.4) is 0 Å². The minimum absolute atomic E-state index is 0.282. The van der Waals surface area contributed by atoms with Gasteiger partial charge in [-0.3, -0.25) is 0 Å². The predicted octanol–water partition coefficient (Wildman–Crippen LogP) is 3.98. The van der Waals surface area contributed by atoms with Crippen LogP contribution in [-0.4, -0.2) is 0 Å². The third kappa shape index (κ3) is 2.97. The zero-order chi connectivity index (χ0) is 13.8. The van der Waals surface area contributed by atoms with E-state index in [0.29, 0.717) is 12.0 Å². The Morgan fingerprint density at radius 3 is 2.79 bits per heavy atom. The molecule has 0 bridgehead atoms. The first-order chi connectivity index (χ1) is 9.11. The van der Waals surface area contributed by atoms with E-state index in [0.717, 1.165) is 17.2 Å². The van der Waals surface area contributed by atoms with E-state index in [1.807, 2.05) is 6.07 Å². The molecular formula is C16H12F2N. The second-order valence-electron chi connectivity index (χ2n) is 4.37. The predicted molar refractivity (Wildman–Crippen MR) is 68.5 cm³/mol. The lowest BCUT2D eigenvalue weighted by Gasteiger charge is -2.11. The van der Waals surface area contributed by atoms with Gasteiger partial charge in [-0.05, 0) is 35.7 Å². The number of benzene rings is 2. The van der Waals surface area contributed by atoms with Crippen molar-refractivity contribution >= 4 is 0 Å². The monoisotopic (exact) mass is 256 g/mol. The fraction of sp³-hybridized carbons (Fsp3) is 0.188. The number of nitriles is 1. The highest BCUT2D eigenvalue weighted by molar-refractivity contribution is 5.36. The molecule has 0 N–H and O–H groups in total. The average molecular weight is 256 g/mol. The molecule has 2 aromatic carbocycles. The molecule has 3 heteroatoms. The second-order valence-corrected chi connectivity index (χ2v) is 4.37. The van der Waals surface area contributed by atoms with Crippen molar-refractivity contribution in [2.45, 2.75) is 19.3 Å². The van der Waals surface area contributed by atoms with Crippen molar-refractivity contribution in [1.29, 1.82) is 5.26 Å². The van der Waals surface area contributed by atoms with Crippen LogP contribution >= 0.6 is 0 Å². The fourth-order valence-electron chi connectivity index (χ4n) is 1.97. The Kier molecular flexibility index (Phi) is 3.91. The summed E-state index contributed by atoms with van der Waals surface area (Å²) in [4.78, 5) is 0. The highest BCUT2D eigenvalue weighted by Crippen LogP contribution is 2.22. The number of nitrogens with zero attached hydrogens (tertiary/aromatic N) is 1. The van der Waals surface area contributed by atoms with Crippen molar-refractivity contribution in [3.8, 4) is 6.07 Å². The summed E-state index contributed by atoms with van der Waals surface area (Å²) in [5, 5.41) is 8.98. The zero-order valence-electron chi connectivity index (χ0n) is 10.5. The Labute approximate surface area is 111 Å². The summed E-state index contributed by atoms with van der Waals surface area (Å²) in [5.74, 6) is -1.45. The van der Waals surface area contributed by atoms with E-state index in [1.54, 1.807) is 19.1 Å². The maximum atomic E-state index is 13.6. The molecule has 0 saturated carbocycles. The van der Waals surface area contributed by atoms with Gasteiger partial charge in [0.25, 0.3) is 0 Å². The molecule has 19 heavy (non-hydrogen) atoms. The fourth-order valence-corrected chi connectivity index (χ4v) is 1.97. The quantitative estimate of drug-likeness (QED) is 0.814. The standard InChI is InChI=1S/C16H12F2N/c1-11(10-19)15-5-3-2-4-12(15)8-13-6-7-14(17)9-16(13)18/h2-3,5-7,9,11H,8H2,1H3. The Balaban J connectivity index is 2.36. The SMILES string of the molecule is CC(C#N)c1ccc[c]c1Cc1ccc(F)cc1F. The molecule has 1 radical (unpaired) electrons. The minimum Gasteiger partial charge on any atom is -0.207 e. The average Bonchev–Trinajstić information content (AvgIpc) is 2.41. The molecule has 2 aromatic rings. The van der Waals surface area contributed by atoms with Crippen molar-refractivity contribution < 1.29 is 8.78 Å². The van der Waals surface area contributed by atoms with Crippen LogP contribution < -0.4 is 0 Å². The molecule has 0 fully saturated rings. The molecule has 95 valence electrons. The molecule has 0 aromatic heterocycles. The van der Waals surface area contributed by atoms with Crippen LogP contribution in [0.2, 0.25) is 0 Å². The summed E-state index contributed by atoms with van der Waals surface area (Å²) in [6.45, 7) is 1.79. The molecule has 0 amide bonds. The summed E-state index contributed by atoms with van der Waals surface area (Å²) in [6, 6.07) is 14.1. The smallest absolute Gasteiger partial charge is 0.129 e. The Morgan fingerprint density at radius 1 is 1.32 bits per heavy atom. The minimum atomic E-state index is -0.594. The first kappa shape index (κ1) is 13.2. The van der Waals surface area contributed by atoms with Crippen molar-refractivity contribution in [1.82, 2.24) is 0 Å². The molecule has 0 spiro atoms. The molecule has 0 aliphatic carbocycles. The highest BCUT2D eigenvalue weighted by atomic mass is 19.1. The second kappa shape index (κ2) is 5.62. The van der Waals surface area contributed by atoms with Gasteiger partial charge in [0.1, 0.15) is 11.6 Å². The first-order valence-corrected chi connectivity index (χ1v) is 5.95. The van der Waals surface area contributed by atoms with Crippen LogP contribution in [0, 0.1) is 29.0 Å². The van der Waals surface area contributed by atoms with Crippen LogP contribution in [0.15, 0.2) is 36.4 Å². The van der Waals surface area contributed by atoms with Crippen molar-refractivity contribution in [3.05, 3.63) is 70.8 Å². The summed E-state index contributed by atoms with van der Waals surface area (Å²) < 4.78 is 26.5. The van der Waals surface area contributed by atoms with Crippen LogP contribution in [0.25, 0.3) is 0 Å². The number of hydrogen-bond acceptors (Lipinski definition) is 1. The van der Waals surface area contributed by atoms with Gasteiger partial charge in [0.2, 0.25) is 0 Å². The normalized spacial score (nSPS) is 11.9. The van der Waals surface area contributed by atoms with Gasteiger partial charge < -0.3 is 0 Å². The van der Waals surface area contributed by atoms with E-state index in [2.05, 4.69) is 12.1 Å². The third-order valence-corrected chi connectivity index (χ3v) is 3.02. The molecule has 1 atom stereocenters. The largest absolute Gasteiger partial charge is 0.207 e. The summed E-state index contributed by atoms with van der Waals surface area (Å²) >= 11 is 0. The molecule has 1 nitrogen and oxygen atoms in total. The van der Waals surface area contributed by atoms with E-state index < -0.39 is 11.6 Å². The molecule has 1 unspecified atom stereocenters. The number of halogens is 2. The lowest BCUT2D eigenvalue weighted by atomic mass is 9.92. The van der Waals surface area contributed by atoms with Crippen LogP contribution in [0.1, 0.15) is 29.5 Å². The maximum Gasteiger partial charge on any atom is 0.129 e. The van der Waals surface area contributed by atoms with Crippen molar-refractivity contribution in [2.24, 2.45) is 0 Å². The van der Waals surface area contributed by atoms with Crippen LogP contribution in [0.5, 0.6) is 0 Å². The van der Waals surface area contributed by atoms with Gasteiger partial charge in [-0.2, -0.15) is 5.26 Å². The van der Waals surface area contributed by atoms with Gasteiger partial charge in [-0.15, -0.1) is 0 Å². The summed E-state index contributed by atoms with van der Waals surface area (Å²) in [5.41, 5.74) is 1.99. The van der Waals surface area contributed by atoms with Gasteiger partial charge >= 0.3 is 0 Å². The zero-order valence-corrected chi connectivity index (χ0v) is 10.5. The lowest BCUT2D eigenvalue weighted by molar-refractivity contribution is 0.574. The van der Waals surface area contributed by atoms with Crippen molar-refractivity contribution in [3.63, 3.8) is 0 Å². The van der Waals surface area contributed by atoms with Crippen molar-refractivity contribution in [2.75, 3.05) is 0 Å². The Bertz CT molecular complexity index is 629. The Hall–Kier alpha value is -2.21. The van der Waals surface area contributed by atoms with Gasteiger partial charge in [0.15, 0.2) is 0 Å². The van der Waals surface area contributed by atoms with E-state index in [1.165, 1.54) is 12.1 Å². The van der Waals surface area contributed by atoms with E-state index in [4.69, 9.17) is 5.26 Å². The number of hydrogen-bond donors (Lipinski definition) is 0. The lowest BCUT2D eigenvalue weighted by Crippen LogP contribution is -2.00. The van der Waals surface area contributed by atoms with Crippen LogP contribution in [-0.2, 0) is 6.42 Å². The molecule has 0 aliphatic rings. The molecule has 0 aliphatic heterocycles. The molecule has 2 rings (SSSR count). The topological polar surface area (TPSA) is 23.8 Å². The first-order valence-electron chi connectivity index (χ1n) is 5.95. The van der Waals surface area contributed by atoms with Gasteiger partial charge in [0.05, 0.1) is 12.0 Å². The third-order valence-electron chi connectivity index (χ3n) is 3.02. The van der Waals surface area contributed by atoms with Gasteiger partial charge in [-0.1, -0.05) is 24.3 Å². The van der Waals surface area contributed by atoms with Gasteiger partial charge in [0, 0.05) is 12.5 Å². The number of rotatable bonds is 3. The Morgan fingerprint density at radius 2 is 2.11 bits per heavy atom. The maximum absolute atomic E-state index is 13.6. The van der Waals surface area contributed by atoms with E-state index in [-0.39, 0.29) is 5.92 Å². The van der Waals surface area contributed by atoms with Crippen LogP contribution in [0.4, 0.5) is 8.78 Å². The summed E-state index contributed by atoms with van der Waals surface area (Å²) in [6.07, 6.45) is 0.300. The molecular weight excluding hydrogens is 244 g/mol. The van der Waals surface area contributed by atoms with E-state index in [9.17, 15) is 8.78 Å². The molecule has 0 saturated heterocycles. The highest BCUT2D eigenvalue weighted by Gasteiger charge is 2.12. The van der Waals surface area contributed by atoms with E-state index >= 15 is 0 Å². The molecule has 0 heterocycles.